The third-order valence-electron chi connectivity index (χ3n) is 3.94. The molecule has 0 aromatic heterocycles. The number of Topliss-reactive ketones (excluding diaryl/α,β-unsaturated/α-hetero) is 1. The number of nitrogens with zero attached hydrogens (tertiary/aromatic N) is 1. The summed E-state index contributed by atoms with van der Waals surface area (Å²) in [5, 5.41) is 0. The molecule has 1 aromatic carbocycles. The Balaban J connectivity index is 1.86. The molecule has 0 aliphatic carbocycles. The molecular weight excluding hydrogens is 238 g/mol. The fourth-order valence-corrected chi connectivity index (χ4v) is 2.45. The van der Waals surface area contributed by atoms with E-state index in [1.54, 1.807) is 0 Å². The molecule has 3 nitrogen and oxygen atoms in total. The summed E-state index contributed by atoms with van der Waals surface area (Å²) >= 11 is 0. The second-order valence-electron chi connectivity index (χ2n) is 5.38. The first-order valence-electron chi connectivity index (χ1n) is 7.01. The highest BCUT2D eigenvalue weighted by Crippen LogP contribution is 2.25. The Hall–Kier alpha value is -1.35. The molecule has 0 saturated carbocycles. The SMILES string of the molecule is Cc1ccc(C)c(OCCN2CCC(=O)CC2)c1C. The van der Waals surface area contributed by atoms with Gasteiger partial charge in [0.1, 0.15) is 18.1 Å². The lowest BCUT2D eigenvalue weighted by Gasteiger charge is -2.26. The number of carbonyl (C=O) groups is 1. The van der Waals surface area contributed by atoms with E-state index in [9.17, 15) is 4.79 Å². The van der Waals surface area contributed by atoms with Gasteiger partial charge in [0.2, 0.25) is 0 Å². The van der Waals surface area contributed by atoms with Crippen molar-refractivity contribution in [1.82, 2.24) is 4.90 Å². The van der Waals surface area contributed by atoms with Crippen LogP contribution in [0.1, 0.15) is 29.5 Å². The van der Waals surface area contributed by atoms with Gasteiger partial charge in [0.25, 0.3) is 0 Å². The van der Waals surface area contributed by atoms with Gasteiger partial charge in [-0.05, 0) is 37.5 Å². The molecule has 0 bridgehead atoms. The lowest BCUT2D eigenvalue weighted by Crippen LogP contribution is -2.36. The predicted molar refractivity (Wildman–Crippen MR) is 76.8 cm³/mol. The molecule has 19 heavy (non-hydrogen) atoms. The van der Waals surface area contributed by atoms with Gasteiger partial charge < -0.3 is 4.74 Å². The number of rotatable bonds is 4. The molecule has 1 aliphatic rings. The van der Waals surface area contributed by atoms with Gasteiger partial charge in [0.15, 0.2) is 0 Å². The van der Waals surface area contributed by atoms with Gasteiger partial charge in [-0.2, -0.15) is 0 Å². The molecule has 1 heterocycles. The zero-order valence-electron chi connectivity index (χ0n) is 12.2. The van der Waals surface area contributed by atoms with Crippen LogP contribution in [-0.4, -0.2) is 36.9 Å². The molecule has 1 aromatic rings. The van der Waals surface area contributed by atoms with E-state index in [0.29, 0.717) is 25.2 Å². The average Bonchev–Trinajstić information content (AvgIpc) is 2.40. The second kappa shape index (κ2) is 6.20. The van der Waals surface area contributed by atoms with Gasteiger partial charge in [0, 0.05) is 32.5 Å². The number of ether oxygens (including phenoxy) is 1. The van der Waals surface area contributed by atoms with Crippen molar-refractivity contribution in [1.29, 1.82) is 0 Å². The van der Waals surface area contributed by atoms with Crippen molar-refractivity contribution in [2.45, 2.75) is 33.6 Å². The number of likely N-dealkylation sites (tertiary alicyclic amines) is 1. The highest BCUT2D eigenvalue weighted by atomic mass is 16.5. The normalized spacial score (nSPS) is 16.7. The van der Waals surface area contributed by atoms with E-state index >= 15 is 0 Å². The van der Waals surface area contributed by atoms with Crippen LogP contribution >= 0.6 is 0 Å². The smallest absolute Gasteiger partial charge is 0.135 e. The molecule has 0 unspecified atom stereocenters. The maximum atomic E-state index is 11.2. The third kappa shape index (κ3) is 3.57. The van der Waals surface area contributed by atoms with E-state index in [0.717, 1.165) is 25.4 Å². The molecule has 1 saturated heterocycles. The zero-order valence-corrected chi connectivity index (χ0v) is 12.2. The number of carbonyl (C=O) groups excluding carboxylic acids is 1. The fourth-order valence-electron chi connectivity index (χ4n) is 2.45. The third-order valence-corrected chi connectivity index (χ3v) is 3.94. The standard InChI is InChI=1S/C16H23NO2/c1-12-4-5-13(2)16(14(12)3)19-11-10-17-8-6-15(18)7-9-17/h4-5H,6-11H2,1-3H3. The minimum Gasteiger partial charge on any atom is -0.492 e. The van der Waals surface area contributed by atoms with E-state index in [4.69, 9.17) is 4.74 Å². The Morgan fingerprint density at radius 3 is 2.42 bits per heavy atom. The Bertz CT molecular complexity index is 458. The van der Waals surface area contributed by atoms with Crippen molar-refractivity contribution in [3.05, 3.63) is 28.8 Å². The Kier molecular flexibility index (Phi) is 4.59. The van der Waals surface area contributed by atoms with Crippen LogP contribution in [0, 0.1) is 20.8 Å². The number of ketones is 1. The van der Waals surface area contributed by atoms with E-state index in [1.165, 1.54) is 16.7 Å². The monoisotopic (exact) mass is 261 g/mol. The summed E-state index contributed by atoms with van der Waals surface area (Å²) in [6.07, 6.45) is 1.39. The van der Waals surface area contributed by atoms with Crippen LogP contribution in [0.15, 0.2) is 12.1 Å². The van der Waals surface area contributed by atoms with E-state index in [1.807, 2.05) is 0 Å². The Morgan fingerprint density at radius 1 is 1.11 bits per heavy atom. The molecule has 0 radical (unpaired) electrons. The zero-order chi connectivity index (χ0) is 13.8. The summed E-state index contributed by atoms with van der Waals surface area (Å²) in [7, 11) is 0. The van der Waals surface area contributed by atoms with Crippen molar-refractivity contribution in [3.8, 4) is 5.75 Å². The van der Waals surface area contributed by atoms with Gasteiger partial charge in [-0.15, -0.1) is 0 Å². The summed E-state index contributed by atoms with van der Waals surface area (Å²) in [6, 6.07) is 4.24. The van der Waals surface area contributed by atoms with Crippen LogP contribution in [0.4, 0.5) is 0 Å². The topological polar surface area (TPSA) is 29.5 Å². The number of piperidine rings is 1. The molecule has 1 fully saturated rings. The maximum absolute atomic E-state index is 11.2. The molecule has 2 rings (SSSR count). The molecule has 3 heteroatoms. The molecular formula is C16H23NO2. The first-order chi connectivity index (χ1) is 9.08. The van der Waals surface area contributed by atoms with E-state index in [2.05, 4.69) is 37.8 Å². The number of aryl methyl sites for hydroxylation is 2. The van der Waals surface area contributed by atoms with Crippen LogP contribution in [0.3, 0.4) is 0 Å². The molecule has 0 N–H and O–H groups in total. The maximum Gasteiger partial charge on any atom is 0.135 e. The molecule has 0 amide bonds. The van der Waals surface area contributed by atoms with E-state index in [-0.39, 0.29) is 0 Å². The van der Waals surface area contributed by atoms with Crippen molar-refractivity contribution >= 4 is 5.78 Å². The number of hydrogen-bond donors (Lipinski definition) is 0. The van der Waals surface area contributed by atoms with Gasteiger partial charge in [-0.3, -0.25) is 9.69 Å². The van der Waals surface area contributed by atoms with Crippen molar-refractivity contribution in [3.63, 3.8) is 0 Å². The predicted octanol–water partition coefficient (Wildman–Crippen LogP) is 2.66. The van der Waals surface area contributed by atoms with Gasteiger partial charge in [0.05, 0.1) is 0 Å². The van der Waals surface area contributed by atoms with Crippen molar-refractivity contribution < 1.29 is 9.53 Å². The highest BCUT2D eigenvalue weighted by Gasteiger charge is 2.16. The largest absolute Gasteiger partial charge is 0.492 e. The van der Waals surface area contributed by atoms with Gasteiger partial charge in [-0.25, -0.2) is 0 Å². The lowest BCUT2D eigenvalue weighted by atomic mass is 10.1. The summed E-state index contributed by atoms with van der Waals surface area (Å²) in [4.78, 5) is 13.5. The first kappa shape index (κ1) is 14.1. The lowest BCUT2D eigenvalue weighted by molar-refractivity contribution is -0.121. The second-order valence-corrected chi connectivity index (χ2v) is 5.38. The Labute approximate surface area is 115 Å². The average molecular weight is 261 g/mol. The minimum absolute atomic E-state index is 0.391. The molecule has 104 valence electrons. The van der Waals surface area contributed by atoms with Crippen molar-refractivity contribution in [2.75, 3.05) is 26.2 Å². The Morgan fingerprint density at radius 2 is 1.74 bits per heavy atom. The van der Waals surface area contributed by atoms with E-state index < -0.39 is 0 Å². The fraction of sp³-hybridized carbons (Fsp3) is 0.562. The summed E-state index contributed by atoms with van der Waals surface area (Å²) in [5.41, 5.74) is 3.69. The quantitative estimate of drug-likeness (QED) is 0.834. The summed E-state index contributed by atoms with van der Waals surface area (Å²) in [6.45, 7) is 9.66. The van der Waals surface area contributed by atoms with Gasteiger partial charge >= 0.3 is 0 Å². The number of hydrogen-bond acceptors (Lipinski definition) is 3. The van der Waals surface area contributed by atoms with Crippen LogP contribution in [0.5, 0.6) is 5.75 Å². The summed E-state index contributed by atoms with van der Waals surface area (Å²) < 4.78 is 5.95. The van der Waals surface area contributed by atoms with Crippen molar-refractivity contribution in [2.24, 2.45) is 0 Å². The molecule has 1 aliphatic heterocycles. The van der Waals surface area contributed by atoms with Gasteiger partial charge in [-0.1, -0.05) is 12.1 Å². The highest BCUT2D eigenvalue weighted by molar-refractivity contribution is 5.79. The van der Waals surface area contributed by atoms with Crippen LogP contribution in [0.25, 0.3) is 0 Å². The minimum atomic E-state index is 0.391. The first-order valence-corrected chi connectivity index (χ1v) is 7.01. The molecule has 0 spiro atoms. The van der Waals surface area contributed by atoms with Crippen LogP contribution in [-0.2, 0) is 4.79 Å². The van der Waals surface area contributed by atoms with Crippen LogP contribution < -0.4 is 4.74 Å². The summed E-state index contributed by atoms with van der Waals surface area (Å²) in [5.74, 6) is 1.41. The molecule has 0 atom stereocenters. The van der Waals surface area contributed by atoms with Crippen LogP contribution in [0.2, 0.25) is 0 Å². The number of benzene rings is 1.